The van der Waals surface area contributed by atoms with E-state index in [1.165, 1.54) is 38.3 Å². The number of azo groups is 1. The van der Waals surface area contributed by atoms with E-state index in [1.54, 1.807) is 6.07 Å². The summed E-state index contributed by atoms with van der Waals surface area (Å²) in [6.45, 7) is 0.612. The highest BCUT2D eigenvalue weighted by molar-refractivity contribution is 7.91. The lowest BCUT2D eigenvalue weighted by molar-refractivity contribution is 0.284. The van der Waals surface area contributed by atoms with Crippen molar-refractivity contribution >= 4 is 52.5 Å². The molecular formula is C20H20N2O11S3. The first-order valence-electron chi connectivity index (χ1n) is 9.81. The maximum atomic E-state index is 12.6. The molecule has 0 radical (unpaired) electrons. The van der Waals surface area contributed by atoms with E-state index in [1.807, 2.05) is 0 Å². The standard InChI is InChI=1S/C20H20N2O11S3/c1-12-9-15(17(32-2)11-18(12)34(24,25)8-7-33-36(29,30)31)21-22-16-10-19(35(26,27)28)13-5-3-4-6-14(13)20(16)23/h3-6,9-11,23H,7-8H2,1-2H3,(H,26,27,28)(H,29,30,31). The number of benzene rings is 3. The van der Waals surface area contributed by atoms with Crippen LogP contribution in [0.25, 0.3) is 10.8 Å². The number of sulfone groups is 1. The molecule has 0 unspecified atom stereocenters. The van der Waals surface area contributed by atoms with Crippen molar-refractivity contribution in [1.29, 1.82) is 0 Å². The van der Waals surface area contributed by atoms with E-state index in [0.29, 0.717) is 0 Å². The van der Waals surface area contributed by atoms with Gasteiger partial charge < -0.3 is 9.84 Å². The van der Waals surface area contributed by atoms with Crippen LogP contribution in [-0.2, 0) is 34.5 Å². The molecule has 194 valence electrons. The molecule has 36 heavy (non-hydrogen) atoms. The largest absolute Gasteiger partial charge is 0.505 e. The quantitative estimate of drug-likeness (QED) is 0.256. The van der Waals surface area contributed by atoms with Crippen LogP contribution < -0.4 is 4.74 Å². The Morgan fingerprint density at radius 3 is 2.06 bits per heavy atom. The van der Waals surface area contributed by atoms with Gasteiger partial charge in [0.1, 0.15) is 22.0 Å². The van der Waals surface area contributed by atoms with E-state index in [9.17, 15) is 34.9 Å². The normalized spacial score (nSPS) is 12.9. The molecule has 0 fully saturated rings. The van der Waals surface area contributed by atoms with Crippen LogP contribution >= 0.6 is 0 Å². The summed E-state index contributed by atoms with van der Waals surface area (Å²) < 4.78 is 97.7. The molecule has 0 saturated carbocycles. The number of hydrogen-bond donors (Lipinski definition) is 3. The molecule has 0 amide bonds. The Kier molecular flexibility index (Phi) is 7.68. The highest BCUT2D eigenvalue weighted by atomic mass is 32.3. The highest BCUT2D eigenvalue weighted by Gasteiger charge is 2.22. The van der Waals surface area contributed by atoms with Crippen molar-refractivity contribution in [3.05, 3.63) is 48.0 Å². The van der Waals surface area contributed by atoms with Gasteiger partial charge in [-0.1, -0.05) is 24.3 Å². The second kappa shape index (κ2) is 10.1. The van der Waals surface area contributed by atoms with Gasteiger partial charge in [0, 0.05) is 16.8 Å². The topological polar surface area (TPSA) is 206 Å². The van der Waals surface area contributed by atoms with Gasteiger partial charge in [-0.15, -0.1) is 10.2 Å². The van der Waals surface area contributed by atoms with Gasteiger partial charge in [-0.05, 0) is 24.6 Å². The molecule has 0 spiro atoms. The van der Waals surface area contributed by atoms with Crippen LogP contribution in [0.15, 0.2) is 62.5 Å². The van der Waals surface area contributed by atoms with Crippen LogP contribution in [-0.4, -0.2) is 58.9 Å². The summed E-state index contributed by atoms with van der Waals surface area (Å²) in [5.41, 5.74) is -0.0952. The Balaban J connectivity index is 2.04. The SMILES string of the molecule is COc1cc(S(=O)(=O)CCOS(=O)(=O)O)c(C)cc1N=Nc1cc(S(=O)(=O)O)c2ccccc2c1O. The maximum Gasteiger partial charge on any atom is 0.397 e. The molecule has 0 heterocycles. The van der Waals surface area contributed by atoms with Gasteiger partial charge in [-0.25, -0.2) is 12.6 Å². The second-order valence-electron chi connectivity index (χ2n) is 7.32. The first-order chi connectivity index (χ1) is 16.6. The van der Waals surface area contributed by atoms with Gasteiger partial charge in [0.2, 0.25) is 0 Å². The van der Waals surface area contributed by atoms with Gasteiger partial charge in [0.25, 0.3) is 10.1 Å². The molecule has 0 atom stereocenters. The summed E-state index contributed by atoms with van der Waals surface area (Å²) in [6, 6.07) is 9.24. The van der Waals surface area contributed by atoms with E-state index in [4.69, 9.17) is 9.29 Å². The number of nitrogens with zero attached hydrogens (tertiary/aromatic N) is 2. The molecule has 0 saturated heterocycles. The lowest BCUT2D eigenvalue weighted by Gasteiger charge is -2.12. The van der Waals surface area contributed by atoms with Crippen molar-refractivity contribution in [3.63, 3.8) is 0 Å². The number of aryl methyl sites for hydroxylation is 1. The fourth-order valence-electron chi connectivity index (χ4n) is 3.30. The number of fused-ring (bicyclic) bond motifs is 1. The third kappa shape index (κ3) is 6.15. The third-order valence-corrected chi connectivity index (χ3v) is 8.07. The van der Waals surface area contributed by atoms with Crippen molar-refractivity contribution in [1.82, 2.24) is 0 Å². The molecule has 13 nitrogen and oxygen atoms in total. The third-order valence-electron chi connectivity index (χ3n) is 4.90. The molecule has 0 bridgehead atoms. The number of phenols is 1. The Hall–Kier alpha value is -3.15. The fraction of sp³-hybridized carbons (Fsp3) is 0.200. The minimum atomic E-state index is -4.81. The van der Waals surface area contributed by atoms with E-state index < -0.39 is 53.4 Å². The van der Waals surface area contributed by atoms with Crippen molar-refractivity contribution < 1.29 is 48.4 Å². The minimum Gasteiger partial charge on any atom is -0.505 e. The molecule has 3 aromatic carbocycles. The number of aromatic hydroxyl groups is 1. The van der Waals surface area contributed by atoms with Gasteiger partial charge in [0.05, 0.1) is 24.4 Å². The van der Waals surface area contributed by atoms with Crippen molar-refractivity contribution in [2.24, 2.45) is 10.2 Å². The molecule has 0 aromatic heterocycles. The molecule has 0 aliphatic rings. The first-order valence-corrected chi connectivity index (χ1v) is 14.3. The Bertz CT molecular complexity index is 1680. The zero-order chi connectivity index (χ0) is 26.9. The first kappa shape index (κ1) is 27.4. The molecule has 3 aromatic rings. The molecular weight excluding hydrogens is 540 g/mol. The summed E-state index contributed by atoms with van der Waals surface area (Å²) in [5, 5.41) is 18.6. The lowest BCUT2D eigenvalue weighted by atomic mass is 10.1. The van der Waals surface area contributed by atoms with E-state index in [2.05, 4.69) is 14.4 Å². The smallest absolute Gasteiger partial charge is 0.397 e. The summed E-state index contributed by atoms with van der Waals surface area (Å²) in [7, 11) is -12.3. The Morgan fingerprint density at radius 2 is 1.47 bits per heavy atom. The number of phenolic OH excluding ortho intramolecular Hbond substituents is 1. The maximum absolute atomic E-state index is 12.6. The van der Waals surface area contributed by atoms with Gasteiger partial charge in [-0.3, -0.25) is 9.11 Å². The van der Waals surface area contributed by atoms with E-state index >= 15 is 0 Å². The highest BCUT2D eigenvalue weighted by Crippen LogP contribution is 2.41. The zero-order valence-corrected chi connectivity index (χ0v) is 21.1. The van der Waals surface area contributed by atoms with Crippen LogP contribution in [0.3, 0.4) is 0 Å². The van der Waals surface area contributed by atoms with Crippen LogP contribution in [0.1, 0.15) is 5.56 Å². The van der Waals surface area contributed by atoms with E-state index in [-0.39, 0.29) is 38.4 Å². The minimum absolute atomic E-state index is 0.0177. The number of ether oxygens (including phenoxy) is 1. The summed E-state index contributed by atoms with van der Waals surface area (Å²) >= 11 is 0. The summed E-state index contributed by atoms with van der Waals surface area (Å²) in [5.74, 6) is -1.23. The molecule has 3 N–H and O–H groups in total. The van der Waals surface area contributed by atoms with E-state index in [0.717, 1.165) is 12.1 Å². The van der Waals surface area contributed by atoms with Gasteiger partial charge >= 0.3 is 10.4 Å². The van der Waals surface area contributed by atoms with Gasteiger partial charge in [0.15, 0.2) is 15.6 Å². The fourth-order valence-corrected chi connectivity index (χ4v) is 5.77. The zero-order valence-electron chi connectivity index (χ0n) is 18.7. The number of hydrogen-bond acceptors (Lipinski definition) is 11. The van der Waals surface area contributed by atoms with Crippen LogP contribution in [0, 0.1) is 6.92 Å². The summed E-state index contributed by atoms with van der Waals surface area (Å²) in [6.07, 6.45) is 0. The van der Waals surface area contributed by atoms with Crippen molar-refractivity contribution in [3.8, 4) is 11.5 Å². The Labute approximate surface area is 206 Å². The predicted octanol–water partition coefficient (Wildman–Crippen LogP) is 3.12. The monoisotopic (exact) mass is 560 g/mol. The summed E-state index contributed by atoms with van der Waals surface area (Å²) in [4.78, 5) is -0.721. The second-order valence-corrected chi connectivity index (χ2v) is 11.9. The van der Waals surface area contributed by atoms with Crippen LogP contribution in [0.4, 0.5) is 11.4 Å². The lowest BCUT2D eigenvalue weighted by Crippen LogP contribution is -2.16. The average molecular weight is 561 g/mol. The molecule has 16 heteroatoms. The number of rotatable bonds is 9. The van der Waals surface area contributed by atoms with Gasteiger partial charge in [-0.2, -0.15) is 16.8 Å². The number of methoxy groups -OCH3 is 1. The predicted molar refractivity (Wildman–Crippen MR) is 127 cm³/mol. The molecule has 0 aliphatic heterocycles. The Morgan fingerprint density at radius 1 is 0.861 bits per heavy atom. The van der Waals surface area contributed by atoms with Crippen molar-refractivity contribution in [2.75, 3.05) is 19.5 Å². The van der Waals surface area contributed by atoms with Crippen molar-refractivity contribution in [2.45, 2.75) is 16.7 Å². The average Bonchev–Trinajstić information content (AvgIpc) is 2.76. The van der Waals surface area contributed by atoms with Crippen LogP contribution in [0.5, 0.6) is 11.5 Å². The molecule has 3 rings (SSSR count). The van der Waals surface area contributed by atoms with Crippen LogP contribution in [0.2, 0.25) is 0 Å². The molecule has 0 aliphatic carbocycles.